The zero-order valence-electron chi connectivity index (χ0n) is 13.7. The predicted octanol–water partition coefficient (Wildman–Crippen LogP) is 1.82. The average Bonchev–Trinajstić information content (AvgIpc) is 3.26. The minimum absolute atomic E-state index is 0.00327. The van der Waals surface area contributed by atoms with Gasteiger partial charge in [-0.25, -0.2) is 28.0 Å². The topological polar surface area (TPSA) is 101 Å². The van der Waals surface area contributed by atoms with Crippen LogP contribution >= 0.6 is 0 Å². The van der Waals surface area contributed by atoms with E-state index in [1.807, 2.05) is 0 Å². The van der Waals surface area contributed by atoms with Crippen LogP contribution in [-0.2, 0) is 9.47 Å². The third kappa shape index (κ3) is 2.87. The highest BCUT2D eigenvalue weighted by molar-refractivity contribution is 5.91. The summed E-state index contributed by atoms with van der Waals surface area (Å²) in [6.07, 6.45) is 1.31. The number of fused-ring (bicyclic) bond motifs is 1. The minimum atomic E-state index is -3.07. The molecule has 136 valence electrons. The molecule has 9 nitrogen and oxygen atoms in total. The molecule has 0 atom stereocenters. The number of ether oxygens (including phenoxy) is 2. The first-order chi connectivity index (χ1) is 12.5. The van der Waals surface area contributed by atoms with Crippen LogP contribution in [0.1, 0.15) is 39.9 Å². The second kappa shape index (κ2) is 6.86. The molecule has 0 N–H and O–H groups in total. The van der Waals surface area contributed by atoms with Crippen molar-refractivity contribution in [1.82, 2.24) is 24.4 Å². The van der Waals surface area contributed by atoms with Gasteiger partial charge < -0.3 is 13.9 Å². The van der Waals surface area contributed by atoms with Crippen molar-refractivity contribution in [3.63, 3.8) is 0 Å². The number of aromatic nitrogens is 5. The zero-order chi connectivity index (χ0) is 18.8. The van der Waals surface area contributed by atoms with Crippen molar-refractivity contribution in [2.24, 2.45) is 0 Å². The lowest BCUT2D eigenvalue weighted by atomic mass is 10.2. The summed E-state index contributed by atoms with van der Waals surface area (Å²) in [5.74, 6) is -1.69. The number of esters is 2. The molecule has 11 heteroatoms. The quantitative estimate of drug-likeness (QED) is 0.636. The Hall–Kier alpha value is -3.37. The van der Waals surface area contributed by atoms with Gasteiger partial charge in [-0.2, -0.15) is 0 Å². The number of methoxy groups -OCH3 is 1. The number of pyridine rings is 1. The maximum Gasteiger partial charge on any atom is 0.361 e. The van der Waals surface area contributed by atoms with E-state index >= 15 is 0 Å². The Balaban J connectivity index is 2.25. The number of hydrogen-bond acceptors (Lipinski definition) is 7. The van der Waals surface area contributed by atoms with Crippen molar-refractivity contribution in [1.29, 1.82) is 0 Å². The lowest BCUT2D eigenvalue weighted by molar-refractivity contribution is 0.0506. The molecule has 0 aliphatic carbocycles. The number of alkyl halides is 2. The van der Waals surface area contributed by atoms with Crippen molar-refractivity contribution in [2.45, 2.75) is 13.3 Å². The standard InChI is InChI=1S/C15H13F2N5O4/c1-3-26-15(24)10-11(12(16)17)22(20-19-10)9-6-8(14(23)25-2)7-21-5-4-18-13(9)21/h4-7,12H,3H2,1-2H3. The van der Waals surface area contributed by atoms with E-state index in [1.54, 1.807) is 0 Å². The van der Waals surface area contributed by atoms with Gasteiger partial charge in [-0.1, -0.05) is 5.21 Å². The lowest BCUT2D eigenvalue weighted by Crippen LogP contribution is -2.12. The number of imidazole rings is 1. The summed E-state index contributed by atoms with van der Waals surface area (Å²) in [6, 6.07) is 1.28. The first-order valence-electron chi connectivity index (χ1n) is 7.44. The van der Waals surface area contributed by atoms with Gasteiger partial charge >= 0.3 is 11.9 Å². The summed E-state index contributed by atoms with van der Waals surface area (Å²) < 4.78 is 38.9. The molecule has 0 aliphatic rings. The van der Waals surface area contributed by atoms with E-state index in [2.05, 4.69) is 20.0 Å². The number of halogens is 2. The van der Waals surface area contributed by atoms with E-state index < -0.39 is 29.8 Å². The van der Waals surface area contributed by atoms with Gasteiger partial charge in [-0.15, -0.1) is 5.10 Å². The maximum absolute atomic E-state index is 13.6. The van der Waals surface area contributed by atoms with Crippen LogP contribution in [0.15, 0.2) is 24.7 Å². The van der Waals surface area contributed by atoms with Gasteiger partial charge in [0, 0.05) is 18.6 Å². The van der Waals surface area contributed by atoms with Crippen LogP contribution in [0.25, 0.3) is 11.3 Å². The fourth-order valence-corrected chi connectivity index (χ4v) is 2.41. The SMILES string of the molecule is CCOC(=O)c1nnn(-c2cc(C(=O)OC)cn3ccnc23)c1C(F)F. The Morgan fingerprint density at radius 1 is 1.31 bits per heavy atom. The van der Waals surface area contributed by atoms with Crippen molar-refractivity contribution in [3.05, 3.63) is 41.6 Å². The molecule has 3 heterocycles. The first kappa shape index (κ1) is 17.5. The molecule has 3 aromatic rings. The van der Waals surface area contributed by atoms with E-state index in [-0.39, 0.29) is 23.5 Å². The summed E-state index contributed by atoms with van der Waals surface area (Å²) in [5.41, 5.74) is -0.997. The second-order valence-electron chi connectivity index (χ2n) is 5.02. The molecule has 0 aliphatic heterocycles. The lowest BCUT2D eigenvalue weighted by Gasteiger charge is -2.10. The van der Waals surface area contributed by atoms with Crippen LogP contribution in [0.2, 0.25) is 0 Å². The Kier molecular flexibility index (Phi) is 4.61. The van der Waals surface area contributed by atoms with Crippen molar-refractivity contribution < 1.29 is 27.8 Å². The normalized spacial score (nSPS) is 11.1. The smallest absolute Gasteiger partial charge is 0.361 e. The molecule has 0 aromatic carbocycles. The van der Waals surface area contributed by atoms with E-state index in [4.69, 9.17) is 4.74 Å². The highest BCUT2D eigenvalue weighted by Gasteiger charge is 2.29. The molecule has 3 aromatic heterocycles. The number of carbonyl (C=O) groups excluding carboxylic acids is 2. The highest BCUT2D eigenvalue weighted by Crippen LogP contribution is 2.27. The molecule has 0 unspecified atom stereocenters. The first-order valence-corrected chi connectivity index (χ1v) is 7.44. The molecule has 0 saturated heterocycles. The van der Waals surface area contributed by atoms with Crippen LogP contribution < -0.4 is 0 Å². The molecular formula is C15H13F2N5O4. The molecule has 0 fully saturated rings. The molecule has 26 heavy (non-hydrogen) atoms. The van der Waals surface area contributed by atoms with E-state index in [1.165, 1.54) is 43.1 Å². The van der Waals surface area contributed by atoms with Gasteiger partial charge in [0.15, 0.2) is 11.3 Å². The van der Waals surface area contributed by atoms with Crippen LogP contribution in [-0.4, -0.2) is 50.0 Å². The van der Waals surface area contributed by atoms with Gasteiger partial charge in [0.25, 0.3) is 6.43 Å². The summed E-state index contributed by atoms with van der Waals surface area (Å²) >= 11 is 0. The molecule has 0 radical (unpaired) electrons. The molecule has 0 saturated carbocycles. The third-order valence-corrected chi connectivity index (χ3v) is 3.50. The van der Waals surface area contributed by atoms with Crippen molar-refractivity contribution in [2.75, 3.05) is 13.7 Å². The van der Waals surface area contributed by atoms with Crippen molar-refractivity contribution >= 4 is 17.6 Å². The Labute approximate surface area is 145 Å². The van der Waals surface area contributed by atoms with E-state index in [0.29, 0.717) is 0 Å². The fourth-order valence-electron chi connectivity index (χ4n) is 2.41. The number of carbonyl (C=O) groups is 2. The second-order valence-corrected chi connectivity index (χ2v) is 5.02. The molecule has 0 amide bonds. The zero-order valence-corrected chi connectivity index (χ0v) is 13.7. The Morgan fingerprint density at radius 2 is 2.08 bits per heavy atom. The van der Waals surface area contributed by atoms with Crippen molar-refractivity contribution in [3.8, 4) is 5.69 Å². The Bertz CT molecular complexity index is 982. The maximum atomic E-state index is 13.6. The summed E-state index contributed by atoms with van der Waals surface area (Å²) in [4.78, 5) is 27.8. The van der Waals surface area contributed by atoms with Crippen LogP contribution in [0.4, 0.5) is 8.78 Å². The van der Waals surface area contributed by atoms with Crippen LogP contribution in [0.5, 0.6) is 0 Å². The number of nitrogens with zero attached hydrogens (tertiary/aromatic N) is 5. The van der Waals surface area contributed by atoms with Gasteiger partial charge in [-0.3, -0.25) is 0 Å². The van der Waals surface area contributed by atoms with Gasteiger partial charge in [0.1, 0.15) is 11.4 Å². The number of hydrogen-bond donors (Lipinski definition) is 0. The highest BCUT2D eigenvalue weighted by atomic mass is 19.3. The Morgan fingerprint density at radius 3 is 2.73 bits per heavy atom. The summed E-state index contributed by atoms with van der Waals surface area (Å²) in [6.45, 7) is 1.54. The van der Waals surface area contributed by atoms with E-state index in [9.17, 15) is 18.4 Å². The molecular weight excluding hydrogens is 352 g/mol. The van der Waals surface area contributed by atoms with Gasteiger partial charge in [0.05, 0.1) is 19.3 Å². The monoisotopic (exact) mass is 365 g/mol. The largest absolute Gasteiger partial charge is 0.465 e. The average molecular weight is 365 g/mol. The van der Waals surface area contributed by atoms with Gasteiger partial charge in [-0.05, 0) is 13.0 Å². The van der Waals surface area contributed by atoms with Crippen LogP contribution in [0.3, 0.4) is 0 Å². The number of rotatable bonds is 5. The minimum Gasteiger partial charge on any atom is -0.465 e. The summed E-state index contributed by atoms with van der Waals surface area (Å²) in [7, 11) is 1.19. The fraction of sp³-hybridized carbons (Fsp3) is 0.267. The molecule has 0 bridgehead atoms. The van der Waals surface area contributed by atoms with Gasteiger partial charge in [0.2, 0.25) is 0 Å². The van der Waals surface area contributed by atoms with E-state index in [0.717, 1.165) is 4.68 Å². The van der Waals surface area contributed by atoms with Crippen LogP contribution in [0, 0.1) is 0 Å². The predicted molar refractivity (Wildman–Crippen MR) is 82.4 cm³/mol. The summed E-state index contributed by atoms with van der Waals surface area (Å²) in [5, 5.41) is 7.17. The molecule has 0 spiro atoms. The third-order valence-electron chi connectivity index (χ3n) is 3.50. The molecule has 3 rings (SSSR count).